The van der Waals surface area contributed by atoms with Gasteiger partial charge in [-0.05, 0) is 38.3 Å². The maximum absolute atomic E-state index is 12.6. The molecular formula is C17H19N3OS. The number of hydrogen-bond acceptors (Lipinski definition) is 4. The first-order valence-electron chi connectivity index (χ1n) is 7.46. The van der Waals surface area contributed by atoms with Gasteiger partial charge >= 0.3 is 0 Å². The molecule has 0 aliphatic heterocycles. The first kappa shape index (κ1) is 15.0. The molecule has 1 aromatic carbocycles. The number of aryl methyl sites for hydroxylation is 2. The average Bonchev–Trinajstić information content (AvgIpc) is 3.28. The summed E-state index contributed by atoms with van der Waals surface area (Å²) < 4.78 is 0. The zero-order chi connectivity index (χ0) is 15.5. The maximum Gasteiger partial charge on any atom is 0.238 e. The largest absolute Gasteiger partial charge is 0.352 e. The highest BCUT2D eigenvalue weighted by Crippen LogP contribution is 2.35. The van der Waals surface area contributed by atoms with Crippen molar-refractivity contribution in [2.45, 2.75) is 43.0 Å². The Labute approximate surface area is 134 Å². The monoisotopic (exact) mass is 313 g/mol. The van der Waals surface area contributed by atoms with Crippen LogP contribution in [-0.2, 0) is 4.79 Å². The van der Waals surface area contributed by atoms with E-state index in [-0.39, 0.29) is 11.2 Å². The summed E-state index contributed by atoms with van der Waals surface area (Å²) in [4.78, 5) is 21.3. The van der Waals surface area contributed by atoms with Crippen molar-refractivity contribution < 1.29 is 4.79 Å². The summed E-state index contributed by atoms with van der Waals surface area (Å²) in [6.07, 6.45) is 2.17. The van der Waals surface area contributed by atoms with Crippen molar-refractivity contribution in [2.75, 3.05) is 0 Å². The minimum atomic E-state index is -0.282. The van der Waals surface area contributed by atoms with E-state index in [1.807, 2.05) is 50.2 Å². The van der Waals surface area contributed by atoms with Crippen molar-refractivity contribution in [1.29, 1.82) is 0 Å². The summed E-state index contributed by atoms with van der Waals surface area (Å²) in [5.41, 5.74) is 1.92. The molecule has 1 saturated carbocycles. The second-order valence-electron chi connectivity index (χ2n) is 5.59. The van der Waals surface area contributed by atoms with Crippen LogP contribution in [0, 0.1) is 13.8 Å². The SMILES string of the molecule is Cc1cc(S[C@@H](C(=O)NC2CC2)c2ccccc2)nc(C)n1. The van der Waals surface area contributed by atoms with Crippen LogP contribution in [0.15, 0.2) is 41.4 Å². The lowest BCUT2D eigenvalue weighted by molar-refractivity contribution is -0.120. The van der Waals surface area contributed by atoms with Gasteiger partial charge in [0.05, 0.1) is 0 Å². The van der Waals surface area contributed by atoms with Crippen LogP contribution in [0.1, 0.15) is 35.2 Å². The van der Waals surface area contributed by atoms with E-state index in [1.165, 1.54) is 11.8 Å². The summed E-state index contributed by atoms with van der Waals surface area (Å²) in [7, 11) is 0. The van der Waals surface area contributed by atoms with Gasteiger partial charge in [-0.1, -0.05) is 42.1 Å². The number of rotatable bonds is 5. The van der Waals surface area contributed by atoms with Crippen LogP contribution in [-0.4, -0.2) is 21.9 Å². The van der Waals surface area contributed by atoms with Gasteiger partial charge in [-0.2, -0.15) is 0 Å². The van der Waals surface area contributed by atoms with Crippen molar-refractivity contribution >= 4 is 17.7 Å². The summed E-state index contributed by atoms with van der Waals surface area (Å²) in [6, 6.07) is 12.2. The normalized spacial score (nSPS) is 15.4. The van der Waals surface area contributed by atoms with Gasteiger partial charge in [-0.15, -0.1) is 0 Å². The zero-order valence-corrected chi connectivity index (χ0v) is 13.6. The zero-order valence-electron chi connectivity index (χ0n) is 12.7. The lowest BCUT2D eigenvalue weighted by atomic mass is 10.1. The molecule has 1 fully saturated rings. The van der Waals surface area contributed by atoms with E-state index in [4.69, 9.17) is 0 Å². The first-order chi connectivity index (χ1) is 10.6. The maximum atomic E-state index is 12.6. The third-order valence-electron chi connectivity index (χ3n) is 3.45. The second kappa shape index (κ2) is 6.48. The minimum absolute atomic E-state index is 0.0626. The molecule has 0 unspecified atom stereocenters. The minimum Gasteiger partial charge on any atom is -0.352 e. The Morgan fingerprint density at radius 1 is 1.23 bits per heavy atom. The molecular weight excluding hydrogens is 294 g/mol. The van der Waals surface area contributed by atoms with Crippen LogP contribution < -0.4 is 5.32 Å². The Morgan fingerprint density at radius 3 is 2.59 bits per heavy atom. The van der Waals surface area contributed by atoms with Gasteiger partial charge in [0.25, 0.3) is 0 Å². The molecule has 1 aliphatic carbocycles. The summed E-state index contributed by atoms with van der Waals surface area (Å²) >= 11 is 1.48. The van der Waals surface area contributed by atoms with E-state index in [1.54, 1.807) is 0 Å². The number of carbonyl (C=O) groups excluding carboxylic acids is 1. The van der Waals surface area contributed by atoms with E-state index in [2.05, 4.69) is 15.3 Å². The van der Waals surface area contributed by atoms with E-state index < -0.39 is 0 Å². The molecule has 114 valence electrons. The topological polar surface area (TPSA) is 54.9 Å². The highest BCUT2D eigenvalue weighted by Gasteiger charge is 2.29. The summed E-state index contributed by atoms with van der Waals surface area (Å²) in [5, 5.41) is 3.65. The number of thioether (sulfide) groups is 1. The fraction of sp³-hybridized carbons (Fsp3) is 0.353. The third kappa shape index (κ3) is 3.85. The number of aromatic nitrogens is 2. The predicted molar refractivity (Wildman–Crippen MR) is 87.7 cm³/mol. The Bertz CT molecular complexity index is 651. The highest BCUT2D eigenvalue weighted by atomic mass is 32.2. The molecule has 1 aliphatic rings. The average molecular weight is 313 g/mol. The molecule has 1 atom stereocenters. The fourth-order valence-electron chi connectivity index (χ4n) is 2.27. The van der Waals surface area contributed by atoms with E-state index in [9.17, 15) is 4.79 Å². The molecule has 5 heteroatoms. The van der Waals surface area contributed by atoms with E-state index in [0.29, 0.717) is 6.04 Å². The number of nitrogens with one attached hydrogen (secondary N) is 1. The molecule has 0 spiro atoms. The van der Waals surface area contributed by atoms with Gasteiger partial charge in [0, 0.05) is 11.7 Å². The molecule has 3 rings (SSSR count). The highest BCUT2D eigenvalue weighted by molar-refractivity contribution is 8.00. The van der Waals surface area contributed by atoms with Gasteiger partial charge in [-0.3, -0.25) is 4.79 Å². The van der Waals surface area contributed by atoms with Crippen molar-refractivity contribution in [3.05, 3.63) is 53.5 Å². The van der Waals surface area contributed by atoms with Gasteiger partial charge in [0.1, 0.15) is 16.1 Å². The summed E-state index contributed by atoms with van der Waals surface area (Å²) in [6.45, 7) is 3.82. The Hall–Kier alpha value is -1.88. The molecule has 1 N–H and O–H groups in total. The number of benzene rings is 1. The first-order valence-corrected chi connectivity index (χ1v) is 8.34. The molecule has 0 radical (unpaired) electrons. The Balaban J connectivity index is 1.85. The van der Waals surface area contributed by atoms with Crippen LogP contribution in [0.2, 0.25) is 0 Å². The molecule has 1 aromatic heterocycles. The molecule has 4 nitrogen and oxygen atoms in total. The number of hydrogen-bond donors (Lipinski definition) is 1. The van der Waals surface area contributed by atoms with E-state index in [0.717, 1.165) is 34.9 Å². The van der Waals surface area contributed by atoms with Crippen molar-refractivity contribution in [3.8, 4) is 0 Å². The smallest absolute Gasteiger partial charge is 0.238 e. The van der Waals surface area contributed by atoms with Gasteiger partial charge in [0.15, 0.2) is 0 Å². The molecule has 0 saturated heterocycles. The lowest BCUT2D eigenvalue weighted by Gasteiger charge is -2.16. The third-order valence-corrected chi connectivity index (χ3v) is 4.62. The van der Waals surface area contributed by atoms with E-state index >= 15 is 0 Å². The van der Waals surface area contributed by atoms with Gasteiger partial charge in [-0.25, -0.2) is 9.97 Å². The van der Waals surface area contributed by atoms with Crippen molar-refractivity contribution in [1.82, 2.24) is 15.3 Å². The van der Waals surface area contributed by atoms with Crippen molar-refractivity contribution in [2.24, 2.45) is 0 Å². The van der Waals surface area contributed by atoms with Crippen molar-refractivity contribution in [3.63, 3.8) is 0 Å². The molecule has 1 heterocycles. The Kier molecular flexibility index (Phi) is 4.43. The molecule has 0 bridgehead atoms. The quantitative estimate of drug-likeness (QED) is 0.680. The van der Waals surface area contributed by atoms with Crippen LogP contribution in [0.3, 0.4) is 0 Å². The van der Waals surface area contributed by atoms with Crippen LogP contribution in [0.25, 0.3) is 0 Å². The van der Waals surface area contributed by atoms with Crippen LogP contribution in [0.5, 0.6) is 0 Å². The van der Waals surface area contributed by atoms with Gasteiger partial charge in [0.2, 0.25) is 5.91 Å². The molecule has 22 heavy (non-hydrogen) atoms. The van der Waals surface area contributed by atoms with Gasteiger partial charge < -0.3 is 5.32 Å². The number of nitrogens with zero attached hydrogens (tertiary/aromatic N) is 2. The predicted octanol–water partition coefficient (Wildman–Crippen LogP) is 3.21. The Morgan fingerprint density at radius 2 is 1.95 bits per heavy atom. The second-order valence-corrected chi connectivity index (χ2v) is 6.71. The standard InChI is InChI=1S/C17H19N3OS/c1-11-10-15(19-12(2)18-11)22-16(13-6-4-3-5-7-13)17(21)20-14-8-9-14/h3-7,10,14,16H,8-9H2,1-2H3,(H,20,21)/t16-/m1/s1. The number of amides is 1. The van der Waals surface area contributed by atoms with Crippen LogP contribution >= 0.6 is 11.8 Å². The molecule has 1 amide bonds. The molecule has 2 aromatic rings. The summed E-state index contributed by atoms with van der Waals surface area (Å²) in [5.74, 6) is 0.796. The fourth-order valence-corrected chi connectivity index (χ4v) is 3.40. The number of carbonyl (C=O) groups is 1. The lowest BCUT2D eigenvalue weighted by Crippen LogP contribution is -2.29. The van der Waals surface area contributed by atoms with Crippen LogP contribution in [0.4, 0.5) is 0 Å².